The monoisotopic (exact) mass is 367 g/mol. The smallest absolute Gasteiger partial charge is 0.258 e. The lowest BCUT2D eigenvalue weighted by Gasteiger charge is -2.37. The van der Waals surface area contributed by atoms with Crippen LogP contribution < -0.4 is 10.1 Å². The summed E-state index contributed by atoms with van der Waals surface area (Å²) in [7, 11) is 0. The van der Waals surface area contributed by atoms with Crippen LogP contribution in [-0.2, 0) is 4.79 Å². The van der Waals surface area contributed by atoms with Gasteiger partial charge in [-0.15, -0.1) is 0 Å². The molecule has 1 N–H and O–H groups in total. The number of nitrogens with one attached hydrogen (secondary N) is 1. The Morgan fingerprint density at radius 3 is 2.32 bits per heavy atom. The van der Waals surface area contributed by atoms with Crippen molar-refractivity contribution in [3.63, 3.8) is 0 Å². The van der Waals surface area contributed by atoms with E-state index in [0.717, 1.165) is 29.0 Å². The predicted octanol–water partition coefficient (Wildman–Crippen LogP) is 4.55. The van der Waals surface area contributed by atoms with E-state index in [0.29, 0.717) is 11.5 Å². The van der Waals surface area contributed by atoms with E-state index < -0.39 is 0 Å². The quantitative estimate of drug-likeness (QED) is 0.847. The van der Waals surface area contributed by atoms with Gasteiger partial charge in [0, 0.05) is 10.5 Å². The molecular formula is C18H26BrNO2. The molecule has 1 fully saturated rings. The standard InChI is InChI=1S/C18H26BrNO2/c1-18(2,3)13-4-8-15(9-5-13)20-17(21)12-22-16-10-6-14(19)7-11-16/h6-7,10-11,13,15H,4-5,8-9,12H2,1-3H3,(H,20,21). The molecule has 0 saturated heterocycles. The number of carbonyl (C=O) groups excluding carboxylic acids is 1. The van der Waals surface area contributed by atoms with Gasteiger partial charge in [0.2, 0.25) is 0 Å². The molecule has 1 saturated carbocycles. The van der Waals surface area contributed by atoms with E-state index in [-0.39, 0.29) is 12.5 Å². The van der Waals surface area contributed by atoms with Gasteiger partial charge in [0.25, 0.3) is 5.91 Å². The number of carbonyl (C=O) groups is 1. The van der Waals surface area contributed by atoms with E-state index in [2.05, 4.69) is 42.0 Å². The molecule has 1 amide bonds. The summed E-state index contributed by atoms with van der Waals surface area (Å²) in [6.07, 6.45) is 4.54. The van der Waals surface area contributed by atoms with Crippen LogP contribution in [0.4, 0.5) is 0 Å². The minimum absolute atomic E-state index is 0.0258. The first kappa shape index (κ1) is 17.3. The molecule has 1 aromatic carbocycles. The largest absolute Gasteiger partial charge is 0.484 e. The first-order valence-electron chi connectivity index (χ1n) is 8.02. The molecule has 1 aliphatic carbocycles. The lowest BCUT2D eigenvalue weighted by Crippen LogP contribution is -2.41. The first-order chi connectivity index (χ1) is 10.3. The second-order valence-corrected chi connectivity index (χ2v) is 8.14. The van der Waals surface area contributed by atoms with Gasteiger partial charge in [-0.3, -0.25) is 4.79 Å². The Labute approximate surface area is 141 Å². The summed E-state index contributed by atoms with van der Waals surface area (Å²) in [5.41, 5.74) is 0.375. The molecular weight excluding hydrogens is 342 g/mol. The highest BCUT2D eigenvalue weighted by Crippen LogP contribution is 2.37. The predicted molar refractivity (Wildman–Crippen MR) is 93.0 cm³/mol. The number of amides is 1. The summed E-state index contributed by atoms with van der Waals surface area (Å²) in [6, 6.07) is 7.82. The van der Waals surface area contributed by atoms with Crippen molar-refractivity contribution in [3.05, 3.63) is 28.7 Å². The maximum atomic E-state index is 12.0. The fourth-order valence-corrected chi connectivity index (χ4v) is 3.32. The lowest BCUT2D eigenvalue weighted by molar-refractivity contribution is -0.124. The molecule has 122 valence electrons. The van der Waals surface area contributed by atoms with E-state index in [1.54, 1.807) is 0 Å². The van der Waals surface area contributed by atoms with E-state index in [4.69, 9.17) is 4.74 Å². The Balaban J connectivity index is 1.71. The summed E-state index contributed by atoms with van der Waals surface area (Å²) < 4.78 is 6.51. The summed E-state index contributed by atoms with van der Waals surface area (Å²) in [6.45, 7) is 7.01. The van der Waals surface area contributed by atoms with E-state index in [1.165, 1.54) is 12.8 Å². The van der Waals surface area contributed by atoms with Crippen LogP contribution in [0.1, 0.15) is 46.5 Å². The van der Waals surface area contributed by atoms with Crippen LogP contribution >= 0.6 is 15.9 Å². The third kappa shape index (κ3) is 5.31. The van der Waals surface area contributed by atoms with Gasteiger partial charge in [-0.1, -0.05) is 36.7 Å². The van der Waals surface area contributed by atoms with Gasteiger partial charge < -0.3 is 10.1 Å². The van der Waals surface area contributed by atoms with Crippen molar-refractivity contribution in [1.82, 2.24) is 5.32 Å². The number of ether oxygens (including phenoxy) is 1. The van der Waals surface area contributed by atoms with Gasteiger partial charge >= 0.3 is 0 Å². The van der Waals surface area contributed by atoms with E-state index in [9.17, 15) is 4.79 Å². The van der Waals surface area contributed by atoms with Crippen molar-refractivity contribution in [1.29, 1.82) is 0 Å². The molecule has 4 heteroatoms. The molecule has 0 atom stereocenters. The van der Waals surface area contributed by atoms with Crippen LogP contribution in [-0.4, -0.2) is 18.6 Å². The average molecular weight is 368 g/mol. The van der Waals surface area contributed by atoms with Crippen molar-refractivity contribution in [2.45, 2.75) is 52.5 Å². The van der Waals surface area contributed by atoms with Gasteiger partial charge in [-0.2, -0.15) is 0 Å². The highest BCUT2D eigenvalue weighted by molar-refractivity contribution is 9.10. The van der Waals surface area contributed by atoms with Gasteiger partial charge in [-0.05, 0) is 61.3 Å². The molecule has 0 bridgehead atoms. The Bertz CT molecular complexity index is 485. The SMILES string of the molecule is CC(C)(C)C1CCC(NC(=O)COc2ccc(Br)cc2)CC1. The Hall–Kier alpha value is -1.03. The molecule has 0 unspecified atom stereocenters. The van der Waals surface area contributed by atoms with Crippen molar-refractivity contribution in [2.24, 2.45) is 11.3 Å². The third-order valence-corrected chi connectivity index (χ3v) is 5.03. The number of halogens is 1. The lowest BCUT2D eigenvalue weighted by atomic mass is 9.71. The summed E-state index contributed by atoms with van der Waals surface area (Å²) >= 11 is 3.38. The third-order valence-electron chi connectivity index (χ3n) is 4.50. The molecule has 0 aromatic heterocycles. The van der Waals surface area contributed by atoms with Crippen molar-refractivity contribution in [3.8, 4) is 5.75 Å². The van der Waals surface area contributed by atoms with Gasteiger partial charge in [0.05, 0.1) is 0 Å². The van der Waals surface area contributed by atoms with Crippen molar-refractivity contribution >= 4 is 21.8 Å². The highest BCUT2D eigenvalue weighted by atomic mass is 79.9. The number of hydrogen-bond acceptors (Lipinski definition) is 2. The second-order valence-electron chi connectivity index (χ2n) is 7.22. The zero-order valence-electron chi connectivity index (χ0n) is 13.7. The number of rotatable bonds is 4. The molecule has 0 aliphatic heterocycles. The zero-order chi connectivity index (χ0) is 16.2. The first-order valence-corrected chi connectivity index (χ1v) is 8.81. The molecule has 1 aromatic rings. The summed E-state index contributed by atoms with van der Waals surface area (Å²) in [5.74, 6) is 1.46. The molecule has 0 heterocycles. The Morgan fingerprint density at radius 2 is 1.77 bits per heavy atom. The Kier molecular flexibility index (Phi) is 5.90. The summed E-state index contributed by atoms with van der Waals surface area (Å²) in [4.78, 5) is 12.0. The fraction of sp³-hybridized carbons (Fsp3) is 0.611. The zero-order valence-corrected chi connectivity index (χ0v) is 15.3. The normalized spacial score (nSPS) is 22.2. The van der Waals surface area contributed by atoms with Crippen molar-refractivity contribution in [2.75, 3.05) is 6.61 Å². The molecule has 22 heavy (non-hydrogen) atoms. The van der Waals surface area contributed by atoms with Crippen LogP contribution in [0.15, 0.2) is 28.7 Å². The number of benzene rings is 1. The van der Waals surface area contributed by atoms with Gasteiger partial charge in [0.15, 0.2) is 6.61 Å². The fourth-order valence-electron chi connectivity index (χ4n) is 3.05. The van der Waals surface area contributed by atoms with Crippen LogP contribution in [0.5, 0.6) is 5.75 Å². The van der Waals surface area contributed by atoms with Gasteiger partial charge in [-0.25, -0.2) is 0 Å². The second kappa shape index (κ2) is 7.49. The molecule has 0 spiro atoms. The topological polar surface area (TPSA) is 38.3 Å². The minimum atomic E-state index is -0.0258. The van der Waals surface area contributed by atoms with Crippen molar-refractivity contribution < 1.29 is 9.53 Å². The molecule has 0 radical (unpaired) electrons. The van der Waals surface area contributed by atoms with Crippen LogP contribution in [0, 0.1) is 11.3 Å². The van der Waals surface area contributed by atoms with Crippen LogP contribution in [0.2, 0.25) is 0 Å². The molecule has 3 nitrogen and oxygen atoms in total. The highest BCUT2D eigenvalue weighted by Gasteiger charge is 2.30. The Morgan fingerprint density at radius 1 is 1.18 bits per heavy atom. The van der Waals surface area contributed by atoms with E-state index in [1.807, 2.05) is 24.3 Å². The molecule has 2 rings (SSSR count). The van der Waals surface area contributed by atoms with E-state index >= 15 is 0 Å². The summed E-state index contributed by atoms with van der Waals surface area (Å²) in [5, 5.41) is 3.10. The maximum Gasteiger partial charge on any atom is 0.258 e. The minimum Gasteiger partial charge on any atom is -0.484 e. The molecule has 1 aliphatic rings. The number of hydrogen-bond donors (Lipinski definition) is 1. The van der Waals surface area contributed by atoms with Crippen LogP contribution in [0.25, 0.3) is 0 Å². The maximum absolute atomic E-state index is 12.0. The van der Waals surface area contributed by atoms with Crippen LogP contribution in [0.3, 0.4) is 0 Å². The average Bonchev–Trinajstić information content (AvgIpc) is 2.46. The van der Waals surface area contributed by atoms with Gasteiger partial charge in [0.1, 0.15) is 5.75 Å².